The number of likely N-dealkylation sites (tertiary alicyclic amines) is 1. The lowest BCUT2D eigenvalue weighted by molar-refractivity contribution is 0.0732. The van der Waals surface area contributed by atoms with Crippen LogP contribution < -0.4 is 10.6 Å². The van der Waals surface area contributed by atoms with E-state index in [0.29, 0.717) is 5.41 Å². The normalized spacial score (nSPS) is 19.3. The molecule has 1 aromatic rings. The van der Waals surface area contributed by atoms with Crippen LogP contribution >= 0.6 is 24.0 Å². The molecule has 1 saturated carbocycles. The molecule has 2 N–H and O–H groups in total. The van der Waals surface area contributed by atoms with Crippen molar-refractivity contribution in [2.75, 3.05) is 40.4 Å². The van der Waals surface area contributed by atoms with E-state index in [9.17, 15) is 0 Å². The van der Waals surface area contributed by atoms with Crippen LogP contribution in [-0.2, 0) is 17.8 Å². The van der Waals surface area contributed by atoms with Crippen LogP contribution in [0.2, 0.25) is 0 Å². The number of guanidine groups is 1. The smallest absolute Gasteiger partial charge is 0.191 e. The van der Waals surface area contributed by atoms with E-state index in [1.807, 2.05) is 7.05 Å². The molecule has 0 aromatic heterocycles. The summed E-state index contributed by atoms with van der Waals surface area (Å²) in [5.41, 5.74) is 3.11. The minimum absolute atomic E-state index is 0. The Hall–Kier alpha value is -0.860. The highest BCUT2D eigenvalue weighted by Crippen LogP contribution is 2.43. The Bertz CT molecular complexity index is 623. The first-order valence-corrected chi connectivity index (χ1v) is 11.5. The number of ether oxygens (including phenoxy) is 1. The summed E-state index contributed by atoms with van der Waals surface area (Å²) in [6.45, 7) is 6.20. The molecule has 6 heteroatoms. The second kappa shape index (κ2) is 13.5. The summed E-state index contributed by atoms with van der Waals surface area (Å²) in [5.74, 6) is 0.891. The number of halogens is 1. The van der Waals surface area contributed by atoms with Gasteiger partial charge in [0.2, 0.25) is 0 Å². The van der Waals surface area contributed by atoms with Gasteiger partial charge in [-0.2, -0.15) is 0 Å². The first kappa shape index (κ1) is 25.4. The van der Waals surface area contributed by atoms with Crippen molar-refractivity contribution >= 4 is 29.9 Å². The lowest BCUT2D eigenvalue weighted by atomic mass is 9.67. The van der Waals surface area contributed by atoms with Crippen LogP contribution in [0.1, 0.15) is 62.5 Å². The van der Waals surface area contributed by atoms with Gasteiger partial charge in [0.25, 0.3) is 0 Å². The Morgan fingerprint density at radius 1 is 1.00 bits per heavy atom. The van der Waals surface area contributed by atoms with Crippen LogP contribution in [-0.4, -0.2) is 51.3 Å². The Morgan fingerprint density at radius 3 is 2.23 bits per heavy atom. The number of aliphatic imine (C=N–C) groups is 1. The molecule has 30 heavy (non-hydrogen) atoms. The van der Waals surface area contributed by atoms with Crippen LogP contribution in [0, 0.1) is 5.41 Å². The van der Waals surface area contributed by atoms with E-state index in [4.69, 9.17) is 4.74 Å². The topological polar surface area (TPSA) is 48.9 Å². The first-order chi connectivity index (χ1) is 14.2. The zero-order chi connectivity index (χ0) is 20.4. The Balaban J connectivity index is 0.00000320. The van der Waals surface area contributed by atoms with Gasteiger partial charge in [-0.15, -0.1) is 24.0 Å². The summed E-state index contributed by atoms with van der Waals surface area (Å²) in [4.78, 5) is 7.01. The fourth-order valence-corrected chi connectivity index (χ4v) is 4.50. The third-order valence-corrected chi connectivity index (χ3v) is 6.69. The zero-order valence-corrected chi connectivity index (χ0v) is 21.3. The maximum atomic E-state index is 5.30. The van der Waals surface area contributed by atoms with E-state index in [1.165, 1.54) is 69.2 Å². The van der Waals surface area contributed by atoms with Crippen molar-refractivity contribution in [2.45, 2.75) is 64.5 Å². The molecule has 1 aliphatic carbocycles. The van der Waals surface area contributed by atoms with Crippen molar-refractivity contribution in [1.82, 2.24) is 15.5 Å². The predicted octanol–water partition coefficient (Wildman–Crippen LogP) is 4.55. The Kier molecular flexibility index (Phi) is 11.5. The molecular weight excluding hydrogens is 487 g/mol. The summed E-state index contributed by atoms with van der Waals surface area (Å²) in [6.07, 6.45) is 10.5. The SMILES string of the molecule is CN=C(NCc1ccc(CN2CCCCCC2)cc1)NCC1(CCOC)CCC1.I. The molecule has 5 nitrogen and oxygen atoms in total. The lowest BCUT2D eigenvalue weighted by Gasteiger charge is -2.42. The molecule has 1 saturated heterocycles. The molecule has 3 rings (SSSR count). The third-order valence-electron chi connectivity index (χ3n) is 6.69. The van der Waals surface area contributed by atoms with Gasteiger partial charge < -0.3 is 15.4 Å². The molecule has 0 amide bonds. The third kappa shape index (κ3) is 8.00. The molecule has 1 heterocycles. The number of nitrogens with zero attached hydrogens (tertiary/aromatic N) is 2. The Morgan fingerprint density at radius 2 is 1.67 bits per heavy atom. The Labute approximate surface area is 200 Å². The largest absolute Gasteiger partial charge is 0.385 e. The van der Waals surface area contributed by atoms with Crippen molar-refractivity contribution < 1.29 is 4.74 Å². The second-order valence-electron chi connectivity index (χ2n) is 8.88. The van der Waals surface area contributed by atoms with Crippen LogP contribution in [0.4, 0.5) is 0 Å². The molecule has 1 aliphatic heterocycles. The lowest BCUT2D eigenvalue weighted by Crippen LogP contribution is -2.46. The van der Waals surface area contributed by atoms with Crippen molar-refractivity contribution in [3.05, 3.63) is 35.4 Å². The highest BCUT2D eigenvalue weighted by Gasteiger charge is 2.36. The van der Waals surface area contributed by atoms with Crippen LogP contribution in [0.15, 0.2) is 29.3 Å². The molecule has 0 radical (unpaired) electrons. The number of rotatable bonds is 9. The van der Waals surface area contributed by atoms with Gasteiger partial charge in [-0.25, -0.2) is 0 Å². The van der Waals surface area contributed by atoms with Gasteiger partial charge in [-0.3, -0.25) is 9.89 Å². The summed E-state index contributed by atoms with van der Waals surface area (Å²) in [6, 6.07) is 9.07. The maximum Gasteiger partial charge on any atom is 0.191 e. The molecule has 1 aromatic carbocycles. The van der Waals surface area contributed by atoms with Crippen LogP contribution in [0.3, 0.4) is 0 Å². The average molecular weight is 529 g/mol. The van der Waals surface area contributed by atoms with Gasteiger partial charge in [0.15, 0.2) is 5.96 Å². The van der Waals surface area contributed by atoms with Crippen molar-refractivity contribution in [1.29, 1.82) is 0 Å². The van der Waals surface area contributed by atoms with Crippen molar-refractivity contribution in [2.24, 2.45) is 10.4 Å². The van der Waals surface area contributed by atoms with E-state index in [2.05, 4.69) is 44.8 Å². The van der Waals surface area contributed by atoms with E-state index in [0.717, 1.165) is 38.6 Å². The summed E-state index contributed by atoms with van der Waals surface area (Å²) in [7, 11) is 3.64. The molecule has 0 unspecified atom stereocenters. The van der Waals surface area contributed by atoms with Gasteiger partial charge in [0.1, 0.15) is 0 Å². The fourth-order valence-electron chi connectivity index (χ4n) is 4.50. The minimum atomic E-state index is 0. The van der Waals surface area contributed by atoms with Gasteiger partial charge >= 0.3 is 0 Å². The average Bonchev–Trinajstić information content (AvgIpc) is 2.99. The van der Waals surface area contributed by atoms with E-state index in [1.54, 1.807) is 7.11 Å². The first-order valence-electron chi connectivity index (χ1n) is 11.5. The molecule has 170 valence electrons. The standard InChI is InChI=1S/C24H40N4O.HI/c1-25-23(27-20-24(12-7-13-24)14-17-29-2)26-18-21-8-10-22(11-9-21)19-28-15-5-3-4-6-16-28;/h8-11H,3-7,12-20H2,1-2H3,(H2,25,26,27);1H. The van der Waals surface area contributed by atoms with E-state index < -0.39 is 0 Å². The number of hydrogen-bond donors (Lipinski definition) is 2. The van der Waals surface area contributed by atoms with Gasteiger partial charge in [-0.05, 0) is 61.7 Å². The second-order valence-corrected chi connectivity index (χ2v) is 8.88. The van der Waals surface area contributed by atoms with Crippen LogP contribution in [0.5, 0.6) is 0 Å². The van der Waals surface area contributed by atoms with Crippen LogP contribution in [0.25, 0.3) is 0 Å². The molecule has 0 atom stereocenters. The fraction of sp³-hybridized carbons (Fsp3) is 0.708. The van der Waals surface area contributed by atoms with Gasteiger partial charge in [-0.1, -0.05) is 43.5 Å². The van der Waals surface area contributed by atoms with E-state index >= 15 is 0 Å². The highest BCUT2D eigenvalue weighted by atomic mass is 127. The number of hydrogen-bond acceptors (Lipinski definition) is 3. The quantitative estimate of drug-likeness (QED) is 0.281. The summed E-state index contributed by atoms with van der Waals surface area (Å²) in [5, 5.41) is 7.01. The number of methoxy groups -OCH3 is 1. The molecular formula is C24H41IN4O. The van der Waals surface area contributed by atoms with Gasteiger partial charge in [0.05, 0.1) is 0 Å². The van der Waals surface area contributed by atoms with Gasteiger partial charge in [0, 0.05) is 40.4 Å². The van der Waals surface area contributed by atoms with Crippen molar-refractivity contribution in [3.63, 3.8) is 0 Å². The predicted molar refractivity (Wildman–Crippen MR) is 137 cm³/mol. The zero-order valence-electron chi connectivity index (χ0n) is 18.9. The van der Waals surface area contributed by atoms with Crippen molar-refractivity contribution in [3.8, 4) is 0 Å². The maximum absolute atomic E-state index is 5.30. The van der Waals surface area contributed by atoms with E-state index in [-0.39, 0.29) is 24.0 Å². The minimum Gasteiger partial charge on any atom is -0.385 e. The monoisotopic (exact) mass is 528 g/mol. The molecule has 2 fully saturated rings. The highest BCUT2D eigenvalue weighted by molar-refractivity contribution is 14.0. The number of benzene rings is 1. The molecule has 0 spiro atoms. The summed E-state index contributed by atoms with van der Waals surface area (Å²) >= 11 is 0. The molecule has 2 aliphatic rings. The number of nitrogens with one attached hydrogen (secondary N) is 2. The summed E-state index contributed by atoms with van der Waals surface area (Å²) < 4.78 is 5.30. The molecule has 0 bridgehead atoms.